The van der Waals surface area contributed by atoms with Crippen LogP contribution < -0.4 is 11.1 Å². The quantitative estimate of drug-likeness (QED) is 0.0318. The first-order valence-electron chi connectivity index (χ1n) is 26.5. The fourth-order valence-electron chi connectivity index (χ4n) is 7.97. The molecule has 0 aromatic heterocycles. The normalized spacial score (nSPS) is 13.0. The molecular formula is C55H100N2O5. The van der Waals surface area contributed by atoms with E-state index in [2.05, 4.69) is 67.8 Å². The summed E-state index contributed by atoms with van der Waals surface area (Å²) >= 11 is 0. The van der Waals surface area contributed by atoms with Gasteiger partial charge in [0.1, 0.15) is 12.1 Å². The highest BCUT2D eigenvalue weighted by molar-refractivity contribution is 5.83. The summed E-state index contributed by atoms with van der Waals surface area (Å²) in [5.74, 6) is -1.22. The van der Waals surface area contributed by atoms with Crippen molar-refractivity contribution in [1.82, 2.24) is 5.32 Å². The Hall–Kier alpha value is -2.67. The number of hydrogen-bond acceptors (Lipinski definition) is 5. The lowest BCUT2D eigenvalue weighted by Gasteiger charge is -2.18. The first-order valence-corrected chi connectivity index (χ1v) is 26.5. The van der Waals surface area contributed by atoms with Gasteiger partial charge in [-0.25, -0.2) is 4.79 Å². The van der Waals surface area contributed by atoms with Crippen LogP contribution in [0.25, 0.3) is 0 Å². The van der Waals surface area contributed by atoms with Crippen LogP contribution >= 0.6 is 0 Å². The van der Waals surface area contributed by atoms with Crippen LogP contribution in [-0.2, 0) is 19.1 Å². The third kappa shape index (κ3) is 45.4. The number of nitrogens with one attached hydrogen (secondary N) is 1. The van der Waals surface area contributed by atoms with Gasteiger partial charge in [-0.05, 0) is 96.4 Å². The predicted octanol–water partition coefficient (Wildman–Crippen LogP) is 15.9. The zero-order valence-corrected chi connectivity index (χ0v) is 40.7. The molecule has 0 saturated carbocycles. The molecule has 0 aromatic carbocycles. The highest BCUT2D eigenvalue weighted by Crippen LogP contribution is 2.20. The molecule has 0 bridgehead atoms. The van der Waals surface area contributed by atoms with E-state index in [0.717, 1.165) is 89.9 Å². The fourth-order valence-corrected chi connectivity index (χ4v) is 7.97. The third-order valence-electron chi connectivity index (χ3n) is 11.9. The molecule has 0 fully saturated rings. The van der Waals surface area contributed by atoms with Gasteiger partial charge in [0.25, 0.3) is 0 Å². The minimum absolute atomic E-state index is 0.0105. The van der Waals surface area contributed by atoms with E-state index in [9.17, 15) is 19.5 Å². The van der Waals surface area contributed by atoms with Crippen molar-refractivity contribution in [3.8, 4) is 0 Å². The number of allylic oxidation sites excluding steroid dienone is 8. The number of esters is 1. The molecule has 2 unspecified atom stereocenters. The molecule has 0 heterocycles. The number of unbranched alkanes of at least 4 members (excludes halogenated alkanes) is 26. The fraction of sp³-hybridized carbons (Fsp3) is 0.800. The maximum Gasteiger partial charge on any atom is 0.326 e. The van der Waals surface area contributed by atoms with Gasteiger partial charge in [0.15, 0.2) is 0 Å². The molecule has 0 saturated heterocycles. The van der Waals surface area contributed by atoms with Crippen LogP contribution in [0.2, 0.25) is 0 Å². The van der Waals surface area contributed by atoms with Crippen molar-refractivity contribution in [2.24, 2.45) is 5.73 Å². The molecule has 7 heteroatoms. The molecular weight excluding hydrogens is 769 g/mol. The number of ether oxygens (including phenoxy) is 1. The third-order valence-corrected chi connectivity index (χ3v) is 11.9. The molecule has 0 aliphatic heterocycles. The summed E-state index contributed by atoms with van der Waals surface area (Å²) in [6.45, 7) is 4.86. The molecule has 0 spiro atoms. The van der Waals surface area contributed by atoms with Crippen LogP contribution in [0.3, 0.4) is 0 Å². The van der Waals surface area contributed by atoms with E-state index in [-0.39, 0.29) is 18.0 Å². The maximum atomic E-state index is 12.9. The Morgan fingerprint density at radius 2 is 0.887 bits per heavy atom. The first-order chi connectivity index (χ1) is 30.4. The van der Waals surface area contributed by atoms with Gasteiger partial charge in [0, 0.05) is 12.8 Å². The van der Waals surface area contributed by atoms with Crippen LogP contribution in [0.4, 0.5) is 0 Å². The number of aliphatic carboxylic acids is 1. The van der Waals surface area contributed by atoms with Crippen LogP contribution in [0, 0.1) is 0 Å². The van der Waals surface area contributed by atoms with Crippen molar-refractivity contribution >= 4 is 17.8 Å². The molecule has 7 nitrogen and oxygen atoms in total. The Kier molecular flexibility index (Phi) is 47.2. The van der Waals surface area contributed by atoms with Gasteiger partial charge in [-0.15, -0.1) is 0 Å². The second-order valence-corrected chi connectivity index (χ2v) is 17.9. The second kappa shape index (κ2) is 49.3. The molecule has 360 valence electrons. The lowest BCUT2D eigenvalue weighted by molar-refractivity contribution is -0.150. The SMILES string of the molecule is CC/C=C\C/C=C\C/C=C\C/C=C\CCCCCCCCCCCCC(=O)OC(CCCCCCCCCCCCCCC)CCCCCCCC(=O)NC(CCCN)C(=O)O. The van der Waals surface area contributed by atoms with Crippen molar-refractivity contribution in [2.45, 2.75) is 276 Å². The highest BCUT2D eigenvalue weighted by atomic mass is 16.5. The molecule has 4 N–H and O–H groups in total. The average molecular weight is 869 g/mol. The molecule has 0 rings (SSSR count). The number of carboxylic acids is 1. The van der Waals surface area contributed by atoms with Crippen molar-refractivity contribution in [2.75, 3.05) is 6.54 Å². The number of hydrogen-bond donors (Lipinski definition) is 3. The number of rotatable bonds is 48. The Balaban J connectivity index is 4.21. The topological polar surface area (TPSA) is 119 Å². The minimum Gasteiger partial charge on any atom is -0.480 e. The van der Waals surface area contributed by atoms with E-state index >= 15 is 0 Å². The van der Waals surface area contributed by atoms with Crippen LogP contribution in [-0.4, -0.2) is 41.6 Å². The number of nitrogens with two attached hydrogens (primary N) is 1. The molecule has 0 radical (unpaired) electrons. The zero-order valence-electron chi connectivity index (χ0n) is 40.7. The van der Waals surface area contributed by atoms with E-state index in [1.54, 1.807) is 0 Å². The average Bonchev–Trinajstić information content (AvgIpc) is 3.26. The lowest BCUT2D eigenvalue weighted by Crippen LogP contribution is -2.40. The van der Waals surface area contributed by atoms with Crippen molar-refractivity contribution in [3.63, 3.8) is 0 Å². The van der Waals surface area contributed by atoms with Gasteiger partial charge >= 0.3 is 11.9 Å². The van der Waals surface area contributed by atoms with Gasteiger partial charge < -0.3 is 20.9 Å². The highest BCUT2D eigenvalue weighted by Gasteiger charge is 2.19. The number of carbonyl (C=O) groups excluding carboxylic acids is 2. The van der Waals surface area contributed by atoms with Gasteiger partial charge in [-0.2, -0.15) is 0 Å². The summed E-state index contributed by atoms with van der Waals surface area (Å²) < 4.78 is 6.09. The zero-order chi connectivity index (χ0) is 45.2. The molecule has 0 aliphatic carbocycles. The summed E-state index contributed by atoms with van der Waals surface area (Å²) in [5.41, 5.74) is 5.50. The minimum atomic E-state index is -1.00. The van der Waals surface area contributed by atoms with Crippen LogP contribution in [0.5, 0.6) is 0 Å². The molecule has 2 atom stereocenters. The smallest absolute Gasteiger partial charge is 0.326 e. The predicted molar refractivity (Wildman–Crippen MR) is 266 cm³/mol. The second-order valence-electron chi connectivity index (χ2n) is 17.9. The molecule has 0 aromatic rings. The largest absolute Gasteiger partial charge is 0.480 e. The Bertz CT molecular complexity index is 1110. The van der Waals surface area contributed by atoms with Crippen molar-refractivity contribution in [3.05, 3.63) is 48.6 Å². The molecule has 0 aliphatic rings. The standard InChI is InChI=1S/C55H100N2O5/c1-3-5-7-9-11-13-15-17-18-19-20-21-22-23-24-25-26-28-30-32-34-39-43-49-54(59)62-51(45-40-36-33-31-29-27-16-14-12-10-8-6-4-2)46-41-37-35-38-42-48-53(58)57-52(55(60)61)47-44-50-56/h5,7,11,13,17-18,20-21,51-52H,3-4,6,8-10,12,14-16,19,22-50,56H2,1-2H3,(H,57,58)(H,60,61)/b7-5-,13-11-,18-17-,21-20-. The van der Waals surface area contributed by atoms with Gasteiger partial charge in [0.05, 0.1) is 0 Å². The van der Waals surface area contributed by atoms with E-state index in [0.29, 0.717) is 32.2 Å². The van der Waals surface area contributed by atoms with Gasteiger partial charge in [-0.1, -0.05) is 210 Å². The summed E-state index contributed by atoms with van der Waals surface area (Å²) in [6, 6.07) is -0.857. The Morgan fingerprint density at radius 3 is 1.34 bits per heavy atom. The first kappa shape index (κ1) is 59.3. The number of carboxylic acid groups (broad SMARTS) is 1. The maximum absolute atomic E-state index is 12.9. The van der Waals surface area contributed by atoms with E-state index < -0.39 is 12.0 Å². The van der Waals surface area contributed by atoms with Crippen molar-refractivity contribution < 1.29 is 24.2 Å². The van der Waals surface area contributed by atoms with Gasteiger partial charge in [0.2, 0.25) is 5.91 Å². The summed E-state index contributed by atoms with van der Waals surface area (Å²) in [7, 11) is 0. The Morgan fingerprint density at radius 1 is 0.484 bits per heavy atom. The van der Waals surface area contributed by atoms with Gasteiger partial charge in [-0.3, -0.25) is 9.59 Å². The summed E-state index contributed by atoms with van der Waals surface area (Å²) in [6.07, 6.45) is 61.7. The number of amides is 1. The van der Waals surface area contributed by atoms with Crippen molar-refractivity contribution in [1.29, 1.82) is 0 Å². The summed E-state index contributed by atoms with van der Waals surface area (Å²) in [4.78, 5) is 36.6. The van der Waals surface area contributed by atoms with Crippen LogP contribution in [0.1, 0.15) is 264 Å². The monoisotopic (exact) mass is 869 g/mol. The molecule has 1 amide bonds. The van der Waals surface area contributed by atoms with Crippen LogP contribution in [0.15, 0.2) is 48.6 Å². The van der Waals surface area contributed by atoms with E-state index in [1.165, 1.54) is 135 Å². The van der Waals surface area contributed by atoms with E-state index in [4.69, 9.17) is 10.5 Å². The Labute approximate surface area is 383 Å². The number of carbonyl (C=O) groups is 3. The summed E-state index contributed by atoms with van der Waals surface area (Å²) in [5, 5.41) is 12.0. The lowest BCUT2D eigenvalue weighted by atomic mass is 10.0. The van der Waals surface area contributed by atoms with E-state index in [1.807, 2.05) is 0 Å². The molecule has 62 heavy (non-hydrogen) atoms.